The number of carbonyl (C=O) groups excluding carboxylic acids is 1. The van der Waals surface area contributed by atoms with Crippen molar-refractivity contribution in [2.75, 3.05) is 5.32 Å². The molecule has 1 unspecified atom stereocenters. The number of ketones is 1. The summed E-state index contributed by atoms with van der Waals surface area (Å²) in [6.45, 7) is 0. The molecule has 0 radical (unpaired) electrons. The van der Waals surface area contributed by atoms with Gasteiger partial charge in [0.1, 0.15) is 6.10 Å². The van der Waals surface area contributed by atoms with E-state index in [1.807, 2.05) is 0 Å². The molecule has 0 fully saturated rings. The number of hydrogen-bond acceptors (Lipinski definition) is 3. The van der Waals surface area contributed by atoms with Gasteiger partial charge in [-0.15, -0.1) is 0 Å². The number of amides is 1. The van der Waals surface area contributed by atoms with Crippen LogP contribution in [0, 0.1) is 0 Å². The smallest absolute Gasteiger partial charge is 0.409 e. The molecule has 1 amide bonds. The summed E-state index contributed by atoms with van der Waals surface area (Å²) in [6, 6.07) is 14.6. The zero-order valence-corrected chi connectivity index (χ0v) is 10.5. The molecule has 0 aliphatic rings. The lowest BCUT2D eigenvalue weighted by molar-refractivity contribution is 0.0748. The molecule has 2 rings (SSSR count). The van der Waals surface area contributed by atoms with Crippen LogP contribution in [-0.2, 0) is 0 Å². The third kappa shape index (κ3) is 3.02. The molecule has 0 aliphatic carbocycles. The first-order valence-corrected chi connectivity index (χ1v) is 5.96. The minimum absolute atomic E-state index is 0.131. The number of aliphatic hydroxyl groups excluding tert-OH is 1. The highest BCUT2D eigenvalue weighted by Crippen LogP contribution is 2.23. The van der Waals surface area contributed by atoms with Gasteiger partial charge < -0.3 is 10.2 Å². The number of carboxylic acid groups (broad SMARTS) is 1. The lowest BCUT2D eigenvalue weighted by atomic mass is 9.99. The van der Waals surface area contributed by atoms with Crippen LogP contribution in [0.25, 0.3) is 0 Å². The van der Waals surface area contributed by atoms with Gasteiger partial charge in [-0.3, -0.25) is 10.1 Å². The third-order valence-electron chi connectivity index (χ3n) is 2.80. The molecular weight excluding hydrogens is 258 g/mol. The van der Waals surface area contributed by atoms with Gasteiger partial charge in [-0.05, 0) is 17.7 Å². The van der Waals surface area contributed by atoms with Gasteiger partial charge in [0.15, 0.2) is 5.78 Å². The lowest BCUT2D eigenvalue weighted by Crippen LogP contribution is -2.16. The van der Waals surface area contributed by atoms with Crippen molar-refractivity contribution in [2.45, 2.75) is 6.10 Å². The van der Waals surface area contributed by atoms with E-state index in [0.717, 1.165) is 0 Å². The van der Waals surface area contributed by atoms with Crippen LogP contribution < -0.4 is 5.32 Å². The molecule has 20 heavy (non-hydrogen) atoms. The Hall–Kier alpha value is -2.66. The number of hydrogen-bond donors (Lipinski definition) is 3. The first-order valence-electron chi connectivity index (χ1n) is 5.96. The van der Waals surface area contributed by atoms with Gasteiger partial charge >= 0.3 is 6.09 Å². The number of rotatable bonds is 4. The van der Waals surface area contributed by atoms with Gasteiger partial charge in [0.05, 0.1) is 5.69 Å². The van der Waals surface area contributed by atoms with E-state index >= 15 is 0 Å². The fraction of sp³-hybridized carbons (Fsp3) is 0.0667. The summed E-state index contributed by atoms with van der Waals surface area (Å²) < 4.78 is 0. The van der Waals surface area contributed by atoms with Crippen molar-refractivity contribution < 1.29 is 19.8 Å². The fourth-order valence-electron chi connectivity index (χ4n) is 1.86. The summed E-state index contributed by atoms with van der Waals surface area (Å²) in [5.74, 6) is -0.555. The molecule has 0 bridgehead atoms. The van der Waals surface area contributed by atoms with Crippen molar-refractivity contribution in [2.24, 2.45) is 0 Å². The Morgan fingerprint density at radius 2 is 1.55 bits per heavy atom. The second kappa shape index (κ2) is 5.99. The van der Waals surface area contributed by atoms with Crippen molar-refractivity contribution in [3.05, 3.63) is 65.7 Å². The number of benzene rings is 2. The molecule has 0 aliphatic heterocycles. The molecule has 0 aromatic heterocycles. The molecule has 3 N–H and O–H groups in total. The van der Waals surface area contributed by atoms with Crippen molar-refractivity contribution in [1.82, 2.24) is 0 Å². The largest absolute Gasteiger partial charge is 0.465 e. The highest BCUT2D eigenvalue weighted by atomic mass is 16.4. The molecule has 0 saturated heterocycles. The van der Waals surface area contributed by atoms with E-state index < -0.39 is 18.0 Å². The minimum atomic E-state index is -1.33. The maximum atomic E-state index is 12.3. The molecule has 0 saturated carbocycles. The molecule has 2 aromatic rings. The third-order valence-corrected chi connectivity index (χ3v) is 2.80. The van der Waals surface area contributed by atoms with Crippen LogP contribution in [0.3, 0.4) is 0 Å². The normalized spacial score (nSPS) is 11.7. The zero-order chi connectivity index (χ0) is 14.5. The number of para-hydroxylation sites is 1. The molecule has 102 valence electrons. The maximum Gasteiger partial charge on any atom is 0.409 e. The highest BCUT2D eigenvalue weighted by molar-refractivity contribution is 6.06. The summed E-state index contributed by atoms with van der Waals surface area (Å²) in [5, 5.41) is 21.0. The van der Waals surface area contributed by atoms with E-state index in [2.05, 4.69) is 5.32 Å². The molecule has 0 heterocycles. The monoisotopic (exact) mass is 271 g/mol. The fourth-order valence-corrected chi connectivity index (χ4v) is 1.86. The molecule has 5 heteroatoms. The standard InChI is InChI=1S/C15H13NO4/c17-13(10-6-2-1-3-7-10)14(18)11-8-4-5-9-12(11)16-15(19)20/h1-9,13,16-17H,(H,19,20). The summed E-state index contributed by atoms with van der Waals surface area (Å²) in [7, 11) is 0. The summed E-state index contributed by atoms with van der Waals surface area (Å²) in [6.07, 6.45) is -2.59. The second-order valence-electron chi connectivity index (χ2n) is 4.15. The van der Waals surface area contributed by atoms with Crippen molar-refractivity contribution in [3.63, 3.8) is 0 Å². The number of Topliss-reactive ketones (excluding diaryl/α,β-unsaturated/α-hetero) is 1. The lowest BCUT2D eigenvalue weighted by Gasteiger charge is -2.13. The number of aliphatic hydroxyl groups is 1. The average Bonchev–Trinajstić information content (AvgIpc) is 2.46. The second-order valence-corrected chi connectivity index (χ2v) is 4.15. The quantitative estimate of drug-likeness (QED) is 0.746. The van der Waals surface area contributed by atoms with Crippen LogP contribution in [0.4, 0.5) is 10.5 Å². The van der Waals surface area contributed by atoms with Crippen molar-refractivity contribution in [3.8, 4) is 0 Å². The van der Waals surface area contributed by atoms with Gasteiger partial charge in [-0.1, -0.05) is 42.5 Å². The van der Waals surface area contributed by atoms with Gasteiger partial charge in [-0.25, -0.2) is 4.79 Å². The van der Waals surface area contributed by atoms with Gasteiger partial charge in [0.2, 0.25) is 0 Å². The highest BCUT2D eigenvalue weighted by Gasteiger charge is 2.21. The Kier molecular flexibility index (Phi) is 4.12. The van der Waals surface area contributed by atoms with Crippen LogP contribution in [0.2, 0.25) is 0 Å². The molecule has 5 nitrogen and oxygen atoms in total. The Balaban J connectivity index is 2.32. The van der Waals surface area contributed by atoms with Crippen LogP contribution >= 0.6 is 0 Å². The van der Waals surface area contributed by atoms with Crippen molar-refractivity contribution in [1.29, 1.82) is 0 Å². The van der Waals surface area contributed by atoms with E-state index in [4.69, 9.17) is 5.11 Å². The van der Waals surface area contributed by atoms with Gasteiger partial charge in [0, 0.05) is 5.56 Å². The summed E-state index contributed by atoms with van der Waals surface area (Å²) >= 11 is 0. The Bertz CT molecular complexity index is 625. The van der Waals surface area contributed by atoms with Gasteiger partial charge in [-0.2, -0.15) is 0 Å². The van der Waals surface area contributed by atoms with Crippen LogP contribution in [0.5, 0.6) is 0 Å². The summed E-state index contributed by atoms with van der Waals surface area (Å²) in [4.78, 5) is 23.0. The number of nitrogens with one attached hydrogen (secondary N) is 1. The molecule has 0 spiro atoms. The maximum absolute atomic E-state index is 12.3. The van der Waals surface area contributed by atoms with E-state index in [1.54, 1.807) is 42.5 Å². The first-order chi connectivity index (χ1) is 9.59. The van der Waals surface area contributed by atoms with E-state index in [9.17, 15) is 14.7 Å². The summed E-state index contributed by atoms with van der Waals surface area (Å²) in [5.41, 5.74) is 0.744. The predicted molar refractivity (Wildman–Crippen MR) is 73.8 cm³/mol. The Labute approximate surface area is 115 Å². The average molecular weight is 271 g/mol. The van der Waals surface area contributed by atoms with E-state index in [-0.39, 0.29) is 11.3 Å². The molecule has 2 aromatic carbocycles. The molecular formula is C15H13NO4. The molecule has 1 atom stereocenters. The predicted octanol–water partition coefficient (Wildman–Crippen LogP) is 2.69. The first kappa shape index (κ1) is 13.8. The van der Waals surface area contributed by atoms with Crippen LogP contribution in [-0.4, -0.2) is 22.1 Å². The van der Waals surface area contributed by atoms with E-state index in [1.165, 1.54) is 12.1 Å². The van der Waals surface area contributed by atoms with Crippen molar-refractivity contribution >= 4 is 17.6 Å². The van der Waals surface area contributed by atoms with Gasteiger partial charge in [0.25, 0.3) is 0 Å². The number of carbonyl (C=O) groups is 2. The zero-order valence-electron chi connectivity index (χ0n) is 10.5. The Morgan fingerprint density at radius 3 is 2.20 bits per heavy atom. The van der Waals surface area contributed by atoms with E-state index in [0.29, 0.717) is 5.56 Å². The van der Waals surface area contributed by atoms with Crippen LogP contribution in [0.15, 0.2) is 54.6 Å². The SMILES string of the molecule is O=C(O)Nc1ccccc1C(=O)C(O)c1ccccc1. The van der Waals surface area contributed by atoms with Crippen LogP contribution in [0.1, 0.15) is 22.0 Å². The Morgan fingerprint density at radius 1 is 0.950 bits per heavy atom. The topological polar surface area (TPSA) is 86.6 Å². The number of anilines is 1. The minimum Gasteiger partial charge on any atom is -0.465 e.